The van der Waals surface area contributed by atoms with Crippen molar-refractivity contribution in [3.63, 3.8) is 0 Å². The van der Waals surface area contributed by atoms with Crippen LogP contribution >= 0.6 is 0 Å². The maximum absolute atomic E-state index is 3.65. The zero-order valence-electron chi connectivity index (χ0n) is 12.6. The number of rotatable bonds is 13. The summed E-state index contributed by atoms with van der Waals surface area (Å²) in [5, 5.41) is 3.65. The van der Waals surface area contributed by atoms with Crippen molar-refractivity contribution in [3.05, 3.63) is 0 Å². The second kappa shape index (κ2) is 14.0. The van der Waals surface area contributed by atoms with Gasteiger partial charge in [0.15, 0.2) is 0 Å². The Bertz CT molecular complexity index is 133. The lowest BCUT2D eigenvalue weighted by atomic mass is 10.1. The fourth-order valence-corrected chi connectivity index (χ4v) is 2.23. The molecule has 0 aliphatic heterocycles. The lowest BCUT2D eigenvalue weighted by molar-refractivity contribution is 0.469. The van der Waals surface area contributed by atoms with Gasteiger partial charge in [-0.05, 0) is 26.3 Å². The van der Waals surface area contributed by atoms with Crippen LogP contribution in [0, 0.1) is 0 Å². The number of unbranched alkanes of at least 4 members (excludes halogenated alkanes) is 8. The molecule has 17 heavy (non-hydrogen) atoms. The monoisotopic (exact) mass is 241 g/mol. The van der Waals surface area contributed by atoms with Crippen LogP contribution in [0.25, 0.3) is 0 Å². The Morgan fingerprint density at radius 1 is 0.706 bits per heavy atom. The first kappa shape index (κ1) is 17.0. The molecule has 0 aromatic carbocycles. The third-order valence-corrected chi connectivity index (χ3v) is 3.51. The minimum atomic E-state index is 0.725. The molecule has 0 aromatic heterocycles. The van der Waals surface area contributed by atoms with E-state index in [1.54, 1.807) is 0 Å². The first-order chi connectivity index (χ1) is 8.31. The molecule has 0 saturated carbocycles. The van der Waals surface area contributed by atoms with Gasteiger partial charge in [0.05, 0.1) is 0 Å². The highest BCUT2D eigenvalue weighted by Gasteiger charge is 2.00. The molecule has 1 N–H and O–H groups in total. The van der Waals surface area contributed by atoms with E-state index in [9.17, 15) is 0 Å². The minimum absolute atomic E-state index is 0.725. The lowest BCUT2D eigenvalue weighted by Crippen LogP contribution is -2.26. The minimum Gasteiger partial charge on any atom is -0.314 e. The van der Waals surface area contributed by atoms with E-state index in [0.717, 1.165) is 6.04 Å². The molecule has 1 unspecified atom stereocenters. The maximum atomic E-state index is 3.65. The van der Waals surface area contributed by atoms with E-state index in [-0.39, 0.29) is 0 Å². The Balaban J connectivity index is 3.08. The van der Waals surface area contributed by atoms with Crippen LogP contribution in [-0.4, -0.2) is 12.6 Å². The smallest absolute Gasteiger partial charge is 0.00387 e. The van der Waals surface area contributed by atoms with Crippen LogP contribution in [0.2, 0.25) is 0 Å². The topological polar surface area (TPSA) is 12.0 Å². The van der Waals surface area contributed by atoms with Gasteiger partial charge in [-0.1, -0.05) is 71.6 Å². The first-order valence-electron chi connectivity index (χ1n) is 8.04. The van der Waals surface area contributed by atoms with Crippen molar-refractivity contribution in [2.45, 2.75) is 97.4 Å². The fourth-order valence-electron chi connectivity index (χ4n) is 2.23. The molecule has 1 heteroatoms. The highest BCUT2D eigenvalue weighted by molar-refractivity contribution is 4.60. The van der Waals surface area contributed by atoms with E-state index in [2.05, 4.69) is 26.1 Å². The molecule has 0 aliphatic rings. The maximum Gasteiger partial charge on any atom is 0.00387 e. The Morgan fingerprint density at radius 3 is 1.88 bits per heavy atom. The quantitative estimate of drug-likeness (QED) is 0.432. The molecule has 0 fully saturated rings. The Kier molecular flexibility index (Phi) is 14.0. The molecule has 0 bridgehead atoms. The summed E-state index contributed by atoms with van der Waals surface area (Å²) in [6, 6.07) is 0.725. The van der Waals surface area contributed by atoms with Crippen molar-refractivity contribution >= 4 is 0 Å². The summed E-state index contributed by atoms with van der Waals surface area (Å²) in [6.45, 7) is 8.12. The zero-order valence-corrected chi connectivity index (χ0v) is 12.6. The van der Waals surface area contributed by atoms with Crippen LogP contribution in [0.15, 0.2) is 0 Å². The SMILES string of the molecule is CCCCCCCCNC(C)CCCCCC. The summed E-state index contributed by atoms with van der Waals surface area (Å²) in [5.74, 6) is 0. The predicted molar refractivity (Wildman–Crippen MR) is 79.6 cm³/mol. The Labute approximate surface area is 110 Å². The van der Waals surface area contributed by atoms with Crippen LogP contribution < -0.4 is 5.32 Å². The van der Waals surface area contributed by atoms with Crippen molar-refractivity contribution in [1.29, 1.82) is 0 Å². The fraction of sp³-hybridized carbons (Fsp3) is 1.00. The van der Waals surface area contributed by atoms with Gasteiger partial charge in [0.2, 0.25) is 0 Å². The molecule has 1 atom stereocenters. The van der Waals surface area contributed by atoms with Gasteiger partial charge in [-0.25, -0.2) is 0 Å². The van der Waals surface area contributed by atoms with Crippen molar-refractivity contribution in [2.75, 3.05) is 6.54 Å². The Morgan fingerprint density at radius 2 is 1.24 bits per heavy atom. The van der Waals surface area contributed by atoms with Gasteiger partial charge in [0.1, 0.15) is 0 Å². The van der Waals surface area contributed by atoms with Gasteiger partial charge in [-0.15, -0.1) is 0 Å². The third kappa shape index (κ3) is 13.9. The average Bonchev–Trinajstić information content (AvgIpc) is 2.33. The van der Waals surface area contributed by atoms with E-state index < -0.39 is 0 Å². The van der Waals surface area contributed by atoms with E-state index in [0.29, 0.717) is 0 Å². The van der Waals surface area contributed by atoms with Crippen LogP contribution in [-0.2, 0) is 0 Å². The standard InChI is InChI=1S/C16H35N/c1-4-6-8-10-11-13-15-17-16(3)14-12-9-7-5-2/h16-17H,4-15H2,1-3H3. The molecular weight excluding hydrogens is 206 g/mol. The van der Waals surface area contributed by atoms with Gasteiger partial charge in [0.25, 0.3) is 0 Å². The largest absolute Gasteiger partial charge is 0.314 e. The normalized spacial score (nSPS) is 12.9. The summed E-state index contributed by atoms with van der Waals surface area (Å²) in [6.07, 6.45) is 15.3. The number of hydrogen-bond acceptors (Lipinski definition) is 1. The van der Waals surface area contributed by atoms with Crippen molar-refractivity contribution in [2.24, 2.45) is 0 Å². The van der Waals surface area contributed by atoms with Crippen molar-refractivity contribution in [3.8, 4) is 0 Å². The van der Waals surface area contributed by atoms with Crippen molar-refractivity contribution < 1.29 is 0 Å². The van der Waals surface area contributed by atoms with Crippen molar-refractivity contribution in [1.82, 2.24) is 5.32 Å². The molecule has 0 aromatic rings. The molecule has 0 rings (SSSR count). The molecule has 1 nitrogen and oxygen atoms in total. The van der Waals surface area contributed by atoms with E-state index in [4.69, 9.17) is 0 Å². The third-order valence-electron chi connectivity index (χ3n) is 3.51. The predicted octanol–water partition coefficient (Wildman–Crippen LogP) is 5.30. The van der Waals surface area contributed by atoms with E-state index in [1.165, 1.54) is 77.2 Å². The molecule has 0 heterocycles. The molecule has 0 spiro atoms. The van der Waals surface area contributed by atoms with Crippen LogP contribution in [0.4, 0.5) is 0 Å². The molecular formula is C16H35N. The molecule has 0 aliphatic carbocycles. The average molecular weight is 241 g/mol. The highest BCUT2D eigenvalue weighted by atomic mass is 14.9. The van der Waals surface area contributed by atoms with Crippen LogP contribution in [0.3, 0.4) is 0 Å². The van der Waals surface area contributed by atoms with Gasteiger partial charge >= 0.3 is 0 Å². The van der Waals surface area contributed by atoms with Gasteiger partial charge < -0.3 is 5.32 Å². The molecule has 0 radical (unpaired) electrons. The molecule has 0 saturated heterocycles. The Hall–Kier alpha value is -0.0400. The number of nitrogens with one attached hydrogen (secondary N) is 1. The lowest BCUT2D eigenvalue weighted by Gasteiger charge is -2.13. The van der Waals surface area contributed by atoms with Crippen LogP contribution in [0.5, 0.6) is 0 Å². The summed E-state index contributed by atoms with van der Waals surface area (Å²) >= 11 is 0. The highest BCUT2D eigenvalue weighted by Crippen LogP contribution is 2.06. The van der Waals surface area contributed by atoms with E-state index >= 15 is 0 Å². The van der Waals surface area contributed by atoms with Gasteiger partial charge in [-0.2, -0.15) is 0 Å². The zero-order chi connectivity index (χ0) is 12.8. The first-order valence-corrected chi connectivity index (χ1v) is 8.04. The van der Waals surface area contributed by atoms with E-state index in [1.807, 2.05) is 0 Å². The van der Waals surface area contributed by atoms with Gasteiger partial charge in [0, 0.05) is 6.04 Å². The van der Waals surface area contributed by atoms with Crippen LogP contribution in [0.1, 0.15) is 91.4 Å². The summed E-state index contributed by atoms with van der Waals surface area (Å²) in [4.78, 5) is 0. The molecule has 0 amide bonds. The summed E-state index contributed by atoms with van der Waals surface area (Å²) < 4.78 is 0. The summed E-state index contributed by atoms with van der Waals surface area (Å²) in [7, 11) is 0. The molecule has 104 valence electrons. The van der Waals surface area contributed by atoms with Gasteiger partial charge in [-0.3, -0.25) is 0 Å². The summed E-state index contributed by atoms with van der Waals surface area (Å²) in [5.41, 5.74) is 0. The second-order valence-electron chi connectivity index (χ2n) is 5.47. The second-order valence-corrected chi connectivity index (χ2v) is 5.47. The number of hydrogen-bond donors (Lipinski definition) is 1.